The van der Waals surface area contributed by atoms with Gasteiger partial charge in [-0.25, -0.2) is 4.98 Å². The van der Waals surface area contributed by atoms with Gasteiger partial charge in [-0.05, 0) is 18.3 Å². The third-order valence-electron chi connectivity index (χ3n) is 2.59. The van der Waals surface area contributed by atoms with Crippen molar-refractivity contribution in [3.05, 3.63) is 18.2 Å². The molecule has 0 saturated heterocycles. The van der Waals surface area contributed by atoms with Gasteiger partial charge in [0.15, 0.2) is 0 Å². The Hall–Kier alpha value is -0.830. The van der Waals surface area contributed by atoms with Crippen molar-refractivity contribution in [3.63, 3.8) is 0 Å². The van der Waals surface area contributed by atoms with Crippen molar-refractivity contribution in [1.82, 2.24) is 14.9 Å². The zero-order valence-electron chi connectivity index (χ0n) is 9.95. The molecule has 0 atom stereocenters. The standard InChI is InChI=1S/C12H21N3/c1-12(2,3)8-15-9-13-6-11(15)7-14-10-4-5-10/h6,9-10,14H,4-5,7-8H2,1-3H3. The van der Waals surface area contributed by atoms with E-state index in [1.165, 1.54) is 18.5 Å². The van der Waals surface area contributed by atoms with Crippen LogP contribution in [0.5, 0.6) is 0 Å². The van der Waals surface area contributed by atoms with Crippen LogP contribution in [0.25, 0.3) is 0 Å². The van der Waals surface area contributed by atoms with Gasteiger partial charge in [-0.2, -0.15) is 0 Å². The molecule has 3 nitrogen and oxygen atoms in total. The van der Waals surface area contributed by atoms with E-state index in [2.05, 4.69) is 35.6 Å². The van der Waals surface area contributed by atoms with E-state index in [1.54, 1.807) is 0 Å². The maximum Gasteiger partial charge on any atom is 0.0948 e. The van der Waals surface area contributed by atoms with Crippen LogP contribution in [0.1, 0.15) is 39.3 Å². The molecule has 1 aliphatic carbocycles. The summed E-state index contributed by atoms with van der Waals surface area (Å²) in [6.07, 6.45) is 6.59. The second kappa shape index (κ2) is 3.97. The zero-order chi connectivity index (χ0) is 10.9. The first kappa shape index (κ1) is 10.7. The number of hydrogen-bond acceptors (Lipinski definition) is 2. The van der Waals surface area contributed by atoms with E-state index in [1.807, 2.05) is 12.5 Å². The maximum atomic E-state index is 4.23. The number of imidazole rings is 1. The molecule has 0 amide bonds. The Bertz CT molecular complexity index is 318. The third-order valence-corrected chi connectivity index (χ3v) is 2.59. The van der Waals surface area contributed by atoms with Crippen LogP contribution in [0, 0.1) is 5.41 Å². The maximum absolute atomic E-state index is 4.23. The SMILES string of the molecule is CC(C)(C)Cn1cncc1CNC1CC1. The predicted molar refractivity (Wildman–Crippen MR) is 61.5 cm³/mol. The van der Waals surface area contributed by atoms with Crippen molar-refractivity contribution in [2.45, 2.75) is 52.7 Å². The van der Waals surface area contributed by atoms with Crippen molar-refractivity contribution in [2.24, 2.45) is 5.41 Å². The summed E-state index contributed by atoms with van der Waals surface area (Å²) >= 11 is 0. The van der Waals surface area contributed by atoms with Crippen molar-refractivity contribution in [1.29, 1.82) is 0 Å². The molecule has 15 heavy (non-hydrogen) atoms. The zero-order valence-corrected chi connectivity index (χ0v) is 9.95. The normalized spacial score (nSPS) is 17.0. The molecule has 0 unspecified atom stereocenters. The smallest absolute Gasteiger partial charge is 0.0948 e. The monoisotopic (exact) mass is 207 g/mol. The average Bonchev–Trinajstić information content (AvgIpc) is 2.84. The van der Waals surface area contributed by atoms with Gasteiger partial charge in [-0.1, -0.05) is 20.8 Å². The van der Waals surface area contributed by atoms with E-state index < -0.39 is 0 Å². The number of aromatic nitrogens is 2. The number of nitrogens with zero attached hydrogens (tertiary/aromatic N) is 2. The molecular formula is C12H21N3. The molecule has 2 rings (SSSR count). The minimum atomic E-state index is 0.315. The highest BCUT2D eigenvalue weighted by Gasteiger charge is 2.21. The van der Waals surface area contributed by atoms with Crippen molar-refractivity contribution in [2.75, 3.05) is 0 Å². The molecule has 1 aromatic rings. The van der Waals surface area contributed by atoms with Gasteiger partial charge >= 0.3 is 0 Å². The second-order valence-corrected chi connectivity index (χ2v) is 5.73. The summed E-state index contributed by atoms with van der Waals surface area (Å²) in [4.78, 5) is 4.23. The lowest BCUT2D eigenvalue weighted by molar-refractivity contribution is 0.337. The van der Waals surface area contributed by atoms with E-state index >= 15 is 0 Å². The van der Waals surface area contributed by atoms with Crippen LogP contribution in [0.4, 0.5) is 0 Å². The van der Waals surface area contributed by atoms with Crippen LogP contribution >= 0.6 is 0 Å². The number of nitrogens with one attached hydrogen (secondary N) is 1. The van der Waals surface area contributed by atoms with E-state index in [9.17, 15) is 0 Å². The van der Waals surface area contributed by atoms with Crippen LogP contribution in [0.2, 0.25) is 0 Å². The highest BCUT2D eigenvalue weighted by atomic mass is 15.1. The number of rotatable bonds is 4. The molecule has 1 heterocycles. The predicted octanol–water partition coefficient (Wildman–Crippen LogP) is 2.18. The van der Waals surface area contributed by atoms with Gasteiger partial charge in [0.25, 0.3) is 0 Å². The van der Waals surface area contributed by atoms with E-state index in [0.29, 0.717) is 5.41 Å². The summed E-state index contributed by atoms with van der Waals surface area (Å²) in [7, 11) is 0. The van der Waals surface area contributed by atoms with Crippen LogP contribution in [0.3, 0.4) is 0 Å². The molecule has 0 aliphatic heterocycles. The van der Waals surface area contributed by atoms with E-state index in [0.717, 1.165) is 19.1 Å². The fraction of sp³-hybridized carbons (Fsp3) is 0.750. The van der Waals surface area contributed by atoms with Gasteiger partial charge < -0.3 is 9.88 Å². The summed E-state index contributed by atoms with van der Waals surface area (Å²) in [5.74, 6) is 0. The summed E-state index contributed by atoms with van der Waals surface area (Å²) in [5, 5.41) is 3.52. The fourth-order valence-corrected chi connectivity index (χ4v) is 1.69. The van der Waals surface area contributed by atoms with Gasteiger partial charge in [0.2, 0.25) is 0 Å². The highest BCUT2D eigenvalue weighted by Crippen LogP contribution is 2.20. The molecule has 1 saturated carbocycles. The molecule has 0 spiro atoms. The Morgan fingerprint density at radius 1 is 1.47 bits per heavy atom. The van der Waals surface area contributed by atoms with Crippen molar-refractivity contribution in [3.8, 4) is 0 Å². The lowest BCUT2D eigenvalue weighted by atomic mass is 9.97. The molecule has 1 aliphatic rings. The summed E-state index contributed by atoms with van der Waals surface area (Å²) in [5.41, 5.74) is 1.62. The van der Waals surface area contributed by atoms with E-state index in [-0.39, 0.29) is 0 Å². The number of hydrogen-bond donors (Lipinski definition) is 1. The average molecular weight is 207 g/mol. The lowest BCUT2D eigenvalue weighted by Crippen LogP contribution is -2.21. The Morgan fingerprint density at radius 3 is 2.80 bits per heavy atom. The Labute approximate surface area is 91.9 Å². The van der Waals surface area contributed by atoms with Crippen LogP contribution in [-0.4, -0.2) is 15.6 Å². The Balaban J connectivity index is 1.94. The van der Waals surface area contributed by atoms with Gasteiger partial charge in [0.1, 0.15) is 0 Å². The highest BCUT2D eigenvalue weighted by molar-refractivity contribution is 5.00. The molecule has 0 radical (unpaired) electrons. The first-order chi connectivity index (χ1) is 7.04. The van der Waals surface area contributed by atoms with Crippen LogP contribution in [-0.2, 0) is 13.1 Å². The Kier molecular flexibility index (Phi) is 2.83. The summed E-state index contributed by atoms with van der Waals surface area (Å²) in [6, 6.07) is 0.767. The van der Waals surface area contributed by atoms with Crippen LogP contribution in [0.15, 0.2) is 12.5 Å². The molecule has 1 fully saturated rings. The van der Waals surface area contributed by atoms with Crippen LogP contribution < -0.4 is 5.32 Å². The first-order valence-corrected chi connectivity index (χ1v) is 5.77. The minimum absolute atomic E-state index is 0.315. The lowest BCUT2D eigenvalue weighted by Gasteiger charge is -2.20. The van der Waals surface area contributed by atoms with Gasteiger partial charge in [0, 0.05) is 25.3 Å². The molecule has 3 heteroatoms. The molecule has 84 valence electrons. The molecule has 1 N–H and O–H groups in total. The van der Waals surface area contributed by atoms with Gasteiger partial charge in [-0.3, -0.25) is 0 Å². The topological polar surface area (TPSA) is 29.9 Å². The first-order valence-electron chi connectivity index (χ1n) is 5.77. The van der Waals surface area contributed by atoms with Crippen molar-refractivity contribution < 1.29 is 0 Å². The second-order valence-electron chi connectivity index (χ2n) is 5.73. The molecule has 0 aromatic carbocycles. The van der Waals surface area contributed by atoms with E-state index in [4.69, 9.17) is 0 Å². The fourth-order valence-electron chi connectivity index (χ4n) is 1.69. The van der Waals surface area contributed by atoms with Gasteiger partial charge in [0.05, 0.1) is 12.0 Å². The Morgan fingerprint density at radius 2 is 2.20 bits per heavy atom. The minimum Gasteiger partial charge on any atom is -0.333 e. The van der Waals surface area contributed by atoms with Crippen molar-refractivity contribution >= 4 is 0 Å². The van der Waals surface area contributed by atoms with Gasteiger partial charge in [-0.15, -0.1) is 0 Å². The largest absolute Gasteiger partial charge is 0.333 e. The quantitative estimate of drug-likeness (QED) is 0.820. The molecule has 0 bridgehead atoms. The summed E-state index contributed by atoms with van der Waals surface area (Å²) in [6.45, 7) is 8.76. The summed E-state index contributed by atoms with van der Waals surface area (Å²) < 4.78 is 2.26. The molecule has 1 aromatic heterocycles. The molecular weight excluding hydrogens is 186 g/mol. The third kappa shape index (κ3) is 3.34.